The predicted molar refractivity (Wildman–Crippen MR) is 111 cm³/mol. The van der Waals surface area contributed by atoms with Gasteiger partial charge in [0.2, 0.25) is 5.88 Å². The number of nitrogens with one attached hydrogen (secondary N) is 2. The first kappa shape index (κ1) is 21.3. The van der Waals surface area contributed by atoms with Crippen LogP contribution in [0.25, 0.3) is 0 Å². The standard InChI is InChI=1S/C21H30N4O3/c1-5-12-28-20-17(8-7-11-23-20)15-25-21(22-6-2)24-14-16-9-10-18(26-3)19(13-16)27-4/h7-11,13H,5-6,12,14-15H2,1-4H3,(H2,22,24,25). The van der Waals surface area contributed by atoms with Gasteiger partial charge < -0.3 is 24.8 Å². The van der Waals surface area contributed by atoms with Crippen LogP contribution in [-0.4, -0.2) is 38.3 Å². The Bertz CT molecular complexity index is 765. The third-order valence-electron chi connectivity index (χ3n) is 3.95. The predicted octanol–water partition coefficient (Wildman–Crippen LogP) is 3.14. The van der Waals surface area contributed by atoms with Crippen LogP contribution < -0.4 is 24.8 Å². The van der Waals surface area contributed by atoms with Gasteiger partial charge in [-0.05, 0) is 37.1 Å². The number of methoxy groups -OCH3 is 2. The van der Waals surface area contributed by atoms with Crippen LogP contribution in [0.15, 0.2) is 41.5 Å². The average molecular weight is 386 g/mol. The fraction of sp³-hybridized carbons (Fsp3) is 0.429. The lowest BCUT2D eigenvalue weighted by molar-refractivity contribution is 0.301. The van der Waals surface area contributed by atoms with Crippen molar-refractivity contribution in [1.82, 2.24) is 15.6 Å². The molecular formula is C21H30N4O3. The third kappa shape index (κ3) is 6.33. The maximum absolute atomic E-state index is 5.72. The van der Waals surface area contributed by atoms with E-state index in [0.29, 0.717) is 37.1 Å². The zero-order valence-corrected chi connectivity index (χ0v) is 17.1. The monoisotopic (exact) mass is 386 g/mol. The summed E-state index contributed by atoms with van der Waals surface area (Å²) in [4.78, 5) is 8.98. The molecule has 1 aromatic carbocycles. The molecule has 1 aromatic heterocycles. The maximum atomic E-state index is 5.72. The molecule has 0 atom stereocenters. The van der Waals surface area contributed by atoms with Crippen LogP contribution in [-0.2, 0) is 13.1 Å². The van der Waals surface area contributed by atoms with Gasteiger partial charge in [-0.3, -0.25) is 0 Å². The molecule has 0 bridgehead atoms. The molecule has 2 N–H and O–H groups in total. The summed E-state index contributed by atoms with van der Waals surface area (Å²) >= 11 is 0. The molecule has 1 heterocycles. The van der Waals surface area contributed by atoms with E-state index in [2.05, 4.69) is 27.5 Å². The Morgan fingerprint density at radius 2 is 1.89 bits per heavy atom. The highest BCUT2D eigenvalue weighted by molar-refractivity contribution is 5.79. The molecule has 2 rings (SSSR count). The number of pyridine rings is 1. The Kier molecular flexibility index (Phi) is 8.91. The lowest BCUT2D eigenvalue weighted by atomic mass is 10.2. The van der Waals surface area contributed by atoms with Crippen LogP contribution in [0.3, 0.4) is 0 Å². The molecule has 28 heavy (non-hydrogen) atoms. The minimum Gasteiger partial charge on any atom is -0.493 e. The van der Waals surface area contributed by atoms with Crippen LogP contribution in [0, 0.1) is 0 Å². The van der Waals surface area contributed by atoms with Gasteiger partial charge in [0, 0.05) is 24.8 Å². The van der Waals surface area contributed by atoms with E-state index < -0.39 is 0 Å². The first-order valence-corrected chi connectivity index (χ1v) is 9.51. The Labute approximate surface area is 167 Å². The number of rotatable bonds is 10. The topological polar surface area (TPSA) is 77.0 Å². The SMILES string of the molecule is CCCOc1ncccc1CNC(=NCc1ccc(OC)c(OC)c1)NCC. The Balaban J connectivity index is 2.05. The Hall–Kier alpha value is -2.96. The van der Waals surface area contributed by atoms with E-state index >= 15 is 0 Å². The minimum atomic E-state index is 0.516. The molecule has 0 spiro atoms. The smallest absolute Gasteiger partial charge is 0.218 e. The second-order valence-corrected chi connectivity index (χ2v) is 6.05. The summed E-state index contributed by atoms with van der Waals surface area (Å²) in [6.45, 7) is 6.62. The van der Waals surface area contributed by atoms with Crippen molar-refractivity contribution >= 4 is 5.96 Å². The van der Waals surface area contributed by atoms with Gasteiger partial charge in [-0.25, -0.2) is 9.98 Å². The lowest BCUT2D eigenvalue weighted by Gasteiger charge is -2.14. The van der Waals surface area contributed by atoms with Gasteiger partial charge in [-0.1, -0.05) is 19.1 Å². The van der Waals surface area contributed by atoms with Crippen LogP contribution >= 0.6 is 0 Å². The summed E-state index contributed by atoms with van der Waals surface area (Å²) in [5.74, 6) is 2.79. The largest absolute Gasteiger partial charge is 0.493 e. The van der Waals surface area contributed by atoms with Crippen LogP contribution in [0.5, 0.6) is 17.4 Å². The van der Waals surface area contributed by atoms with E-state index in [1.807, 2.05) is 37.3 Å². The average Bonchev–Trinajstić information content (AvgIpc) is 2.74. The molecule has 152 valence electrons. The number of aromatic nitrogens is 1. The summed E-state index contributed by atoms with van der Waals surface area (Å²) in [7, 11) is 3.25. The van der Waals surface area contributed by atoms with Crippen molar-refractivity contribution in [3.8, 4) is 17.4 Å². The zero-order valence-electron chi connectivity index (χ0n) is 17.1. The summed E-state index contributed by atoms with van der Waals surface area (Å²) in [5, 5.41) is 6.60. The lowest BCUT2D eigenvalue weighted by Crippen LogP contribution is -2.36. The van der Waals surface area contributed by atoms with E-state index in [1.54, 1.807) is 20.4 Å². The molecule has 0 fully saturated rings. The van der Waals surface area contributed by atoms with E-state index in [9.17, 15) is 0 Å². The summed E-state index contributed by atoms with van der Waals surface area (Å²) in [6.07, 6.45) is 2.68. The number of hydrogen-bond acceptors (Lipinski definition) is 5. The number of hydrogen-bond donors (Lipinski definition) is 2. The van der Waals surface area contributed by atoms with Crippen molar-refractivity contribution < 1.29 is 14.2 Å². The Morgan fingerprint density at radius 1 is 1.07 bits per heavy atom. The van der Waals surface area contributed by atoms with Gasteiger partial charge >= 0.3 is 0 Å². The maximum Gasteiger partial charge on any atom is 0.218 e. The molecule has 0 amide bonds. The van der Waals surface area contributed by atoms with E-state index in [-0.39, 0.29) is 0 Å². The number of aliphatic imine (C=N–C) groups is 1. The van der Waals surface area contributed by atoms with Crippen LogP contribution in [0.4, 0.5) is 0 Å². The second-order valence-electron chi connectivity index (χ2n) is 6.05. The van der Waals surface area contributed by atoms with Gasteiger partial charge in [0.05, 0.1) is 27.4 Å². The van der Waals surface area contributed by atoms with Crippen molar-refractivity contribution in [2.24, 2.45) is 4.99 Å². The molecule has 0 aliphatic heterocycles. The van der Waals surface area contributed by atoms with Crippen molar-refractivity contribution in [1.29, 1.82) is 0 Å². The van der Waals surface area contributed by atoms with Crippen molar-refractivity contribution in [2.45, 2.75) is 33.4 Å². The quantitative estimate of drug-likeness (QED) is 0.483. The molecular weight excluding hydrogens is 356 g/mol. The zero-order chi connectivity index (χ0) is 20.2. The molecule has 7 nitrogen and oxygen atoms in total. The fourth-order valence-electron chi connectivity index (χ4n) is 2.56. The molecule has 0 saturated heterocycles. The first-order valence-electron chi connectivity index (χ1n) is 9.51. The molecule has 7 heteroatoms. The number of ether oxygens (including phenoxy) is 3. The summed E-state index contributed by atoms with van der Waals surface area (Å²) < 4.78 is 16.4. The molecule has 0 unspecified atom stereocenters. The van der Waals surface area contributed by atoms with Gasteiger partial charge in [-0.15, -0.1) is 0 Å². The van der Waals surface area contributed by atoms with E-state index in [1.165, 1.54) is 0 Å². The van der Waals surface area contributed by atoms with Gasteiger partial charge in [0.25, 0.3) is 0 Å². The highest BCUT2D eigenvalue weighted by Gasteiger charge is 2.07. The van der Waals surface area contributed by atoms with Crippen LogP contribution in [0.2, 0.25) is 0 Å². The minimum absolute atomic E-state index is 0.516. The number of benzene rings is 1. The summed E-state index contributed by atoms with van der Waals surface area (Å²) in [5.41, 5.74) is 2.02. The Morgan fingerprint density at radius 3 is 2.61 bits per heavy atom. The molecule has 0 radical (unpaired) electrons. The second kappa shape index (κ2) is 11.7. The molecule has 0 aliphatic carbocycles. The van der Waals surface area contributed by atoms with Crippen molar-refractivity contribution in [3.05, 3.63) is 47.7 Å². The third-order valence-corrected chi connectivity index (χ3v) is 3.95. The van der Waals surface area contributed by atoms with E-state index in [4.69, 9.17) is 14.2 Å². The van der Waals surface area contributed by atoms with E-state index in [0.717, 1.165) is 30.1 Å². The highest BCUT2D eigenvalue weighted by atomic mass is 16.5. The molecule has 0 aliphatic rings. The first-order chi connectivity index (χ1) is 13.7. The molecule has 0 saturated carbocycles. The summed E-state index contributed by atoms with van der Waals surface area (Å²) in [6, 6.07) is 9.71. The van der Waals surface area contributed by atoms with Crippen LogP contribution in [0.1, 0.15) is 31.4 Å². The van der Waals surface area contributed by atoms with Gasteiger partial charge in [-0.2, -0.15) is 0 Å². The fourth-order valence-corrected chi connectivity index (χ4v) is 2.56. The van der Waals surface area contributed by atoms with Crippen molar-refractivity contribution in [3.63, 3.8) is 0 Å². The highest BCUT2D eigenvalue weighted by Crippen LogP contribution is 2.27. The van der Waals surface area contributed by atoms with Crippen molar-refractivity contribution in [2.75, 3.05) is 27.4 Å². The number of guanidine groups is 1. The van der Waals surface area contributed by atoms with Gasteiger partial charge in [0.1, 0.15) is 0 Å². The van der Waals surface area contributed by atoms with Gasteiger partial charge in [0.15, 0.2) is 17.5 Å². The number of nitrogens with zero attached hydrogens (tertiary/aromatic N) is 2. The molecule has 2 aromatic rings. The normalized spacial score (nSPS) is 11.1.